The minimum Gasteiger partial charge on any atom is -0.464 e. The van der Waals surface area contributed by atoms with Gasteiger partial charge in [0.15, 0.2) is 5.78 Å². The number of furan rings is 1. The molecule has 0 fully saturated rings. The molecule has 0 bridgehead atoms. The minimum atomic E-state index is -0.412. The highest BCUT2D eigenvalue weighted by molar-refractivity contribution is 6.01. The Morgan fingerprint density at radius 2 is 1.81 bits per heavy atom. The standard InChI is InChI=1S/C21H14N2O4/c1-13(24)14-4-6-15(7-5-14)21-17(10-12-27-21)16-8-9-19(23(25)26)18-3-2-11-22-20(16)18/h2-12H,1H3. The van der Waals surface area contributed by atoms with Crippen molar-refractivity contribution in [3.05, 3.63) is 82.7 Å². The van der Waals surface area contributed by atoms with Crippen LogP contribution in [0.4, 0.5) is 5.69 Å². The number of carbonyl (C=O) groups excluding carboxylic acids is 1. The Hall–Kier alpha value is -3.80. The van der Waals surface area contributed by atoms with Gasteiger partial charge in [-0.05, 0) is 31.2 Å². The molecule has 132 valence electrons. The first-order valence-corrected chi connectivity index (χ1v) is 8.27. The van der Waals surface area contributed by atoms with Crippen molar-refractivity contribution >= 4 is 22.4 Å². The van der Waals surface area contributed by atoms with Gasteiger partial charge in [0.2, 0.25) is 0 Å². The second-order valence-corrected chi connectivity index (χ2v) is 6.09. The number of nitro groups is 1. The van der Waals surface area contributed by atoms with Gasteiger partial charge in [0.1, 0.15) is 5.76 Å². The molecule has 0 aliphatic rings. The third-order valence-corrected chi connectivity index (χ3v) is 4.45. The largest absolute Gasteiger partial charge is 0.464 e. The SMILES string of the molecule is CC(=O)c1ccc(-c2occc2-c2ccc([N+](=O)[O-])c3cccnc23)cc1. The molecule has 0 atom stereocenters. The molecular formula is C21H14N2O4. The highest BCUT2D eigenvalue weighted by atomic mass is 16.6. The average Bonchev–Trinajstić information content (AvgIpc) is 3.16. The highest BCUT2D eigenvalue weighted by Gasteiger charge is 2.19. The van der Waals surface area contributed by atoms with Crippen LogP contribution in [0.5, 0.6) is 0 Å². The van der Waals surface area contributed by atoms with Gasteiger partial charge in [0, 0.05) is 34.5 Å². The first-order chi connectivity index (χ1) is 13.1. The summed E-state index contributed by atoms with van der Waals surface area (Å²) in [6.07, 6.45) is 3.18. The number of hydrogen-bond donors (Lipinski definition) is 0. The lowest BCUT2D eigenvalue weighted by Crippen LogP contribution is -1.93. The molecule has 0 spiro atoms. The van der Waals surface area contributed by atoms with E-state index < -0.39 is 4.92 Å². The Morgan fingerprint density at radius 1 is 1.04 bits per heavy atom. The number of rotatable bonds is 4. The molecule has 0 radical (unpaired) electrons. The van der Waals surface area contributed by atoms with Gasteiger partial charge in [-0.1, -0.05) is 24.3 Å². The smallest absolute Gasteiger partial charge is 0.278 e. The molecule has 0 aliphatic carbocycles. The number of carbonyl (C=O) groups is 1. The van der Waals surface area contributed by atoms with Gasteiger partial charge in [-0.15, -0.1) is 0 Å². The van der Waals surface area contributed by atoms with E-state index in [2.05, 4.69) is 4.98 Å². The average molecular weight is 358 g/mol. The summed E-state index contributed by atoms with van der Waals surface area (Å²) in [5.41, 5.74) is 3.50. The molecule has 0 unspecified atom stereocenters. The molecule has 27 heavy (non-hydrogen) atoms. The first-order valence-electron chi connectivity index (χ1n) is 8.27. The topological polar surface area (TPSA) is 86.2 Å². The zero-order chi connectivity index (χ0) is 19.0. The van der Waals surface area contributed by atoms with Crippen LogP contribution in [0, 0.1) is 10.1 Å². The van der Waals surface area contributed by atoms with E-state index in [1.165, 1.54) is 13.0 Å². The summed E-state index contributed by atoms with van der Waals surface area (Å²) in [6.45, 7) is 1.52. The Labute approximate surface area is 154 Å². The number of nitro benzene ring substituents is 1. The van der Waals surface area contributed by atoms with E-state index in [9.17, 15) is 14.9 Å². The maximum Gasteiger partial charge on any atom is 0.278 e. The molecule has 0 N–H and O–H groups in total. The van der Waals surface area contributed by atoms with Crippen LogP contribution < -0.4 is 0 Å². The normalized spacial score (nSPS) is 10.9. The van der Waals surface area contributed by atoms with Crippen LogP contribution >= 0.6 is 0 Å². The fourth-order valence-electron chi connectivity index (χ4n) is 3.14. The summed E-state index contributed by atoms with van der Waals surface area (Å²) in [5.74, 6) is 0.609. The van der Waals surface area contributed by atoms with Gasteiger partial charge in [-0.25, -0.2) is 0 Å². The minimum absolute atomic E-state index is 0.00761. The van der Waals surface area contributed by atoms with Crippen molar-refractivity contribution in [2.45, 2.75) is 6.92 Å². The van der Waals surface area contributed by atoms with Crippen molar-refractivity contribution in [3.8, 4) is 22.5 Å². The van der Waals surface area contributed by atoms with Crippen LogP contribution in [0.25, 0.3) is 33.4 Å². The molecule has 0 amide bonds. The molecule has 0 aliphatic heterocycles. The van der Waals surface area contributed by atoms with Crippen molar-refractivity contribution in [2.75, 3.05) is 0 Å². The van der Waals surface area contributed by atoms with E-state index in [1.54, 1.807) is 42.8 Å². The number of aromatic nitrogens is 1. The van der Waals surface area contributed by atoms with Crippen LogP contribution in [0.1, 0.15) is 17.3 Å². The van der Waals surface area contributed by atoms with E-state index >= 15 is 0 Å². The monoisotopic (exact) mass is 358 g/mol. The lowest BCUT2D eigenvalue weighted by molar-refractivity contribution is -0.383. The maximum absolute atomic E-state index is 11.5. The van der Waals surface area contributed by atoms with Crippen molar-refractivity contribution < 1.29 is 14.1 Å². The summed E-state index contributed by atoms with van der Waals surface area (Å²) in [6, 6.07) is 15.5. The van der Waals surface area contributed by atoms with Crippen molar-refractivity contribution in [3.63, 3.8) is 0 Å². The third kappa shape index (κ3) is 2.87. The van der Waals surface area contributed by atoms with Gasteiger partial charge in [0.25, 0.3) is 5.69 Å². The number of Topliss-reactive ketones (excluding diaryl/α,β-unsaturated/α-hetero) is 1. The number of ketones is 1. The summed E-state index contributed by atoms with van der Waals surface area (Å²) in [5, 5.41) is 11.8. The number of hydrogen-bond acceptors (Lipinski definition) is 5. The van der Waals surface area contributed by atoms with Crippen LogP contribution in [-0.2, 0) is 0 Å². The second kappa shape index (κ2) is 6.49. The van der Waals surface area contributed by atoms with E-state index in [0.717, 1.165) is 16.7 Å². The molecule has 0 saturated carbocycles. The molecule has 4 aromatic rings. The number of pyridine rings is 1. The van der Waals surface area contributed by atoms with Crippen molar-refractivity contribution in [2.24, 2.45) is 0 Å². The zero-order valence-electron chi connectivity index (χ0n) is 14.4. The van der Waals surface area contributed by atoms with Crippen LogP contribution in [0.2, 0.25) is 0 Å². The fraction of sp³-hybridized carbons (Fsp3) is 0.0476. The number of fused-ring (bicyclic) bond motifs is 1. The van der Waals surface area contributed by atoms with Crippen LogP contribution in [-0.4, -0.2) is 15.7 Å². The number of benzene rings is 2. The molecule has 6 nitrogen and oxygen atoms in total. The summed E-state index contributed by atoms with van der Waals surface area (Å²) in [4.78, 5) is 26.7. The van der Waals surface area contributed by atoms with E-state index in [1.807, 2.05) is 18.2 Å². The third-order valence-electron chi connectivity index (χ3n) is 4.45. The summed E-state index contributed by atoms with van der Waals surface area (Å²) < 4.78 is 5.69. The van der Waals surface area contributed by atoms with E-state index in [-0.39, 0.29) is 11.5 Å². The van der Waals surface area contributed by atoms with Gasteiger partial charge < -0.3 is 4.42 Å². The second-order valence-electron chi connectivity index (χ2n) is 6.09. The summed E-state index contributed by atoms with van der Waals surface area (Å²) >= 11 is 0. The lowest BCUT2D eigenvalue weighted by Gasteiger charge is -2.07. The lowest BCUT2D eigenvalue weighted by atomic mass is 9.98. The van der Waals surface area contributed by atoms with Gasteiger partial charge in [0.05, 0.1) is 22.1 Å². The molecule has 4 rings (SSSR count). The van der Waals surface area contributed by atoms with Gasteiger partial charge >= 0.3 is 0 Å². The molecule has 2 aromatic carbocycles. The predicted molar refractivity (Wildman–Crippen MR) is 102 cm³/mol. The molecule has 2 aromatic heterocycles. The molecule has 6 heteroatoms. The number of non-ortho nitro benzene ring substituents is 1. The Kier molecular flexibility index (Phi) is 4.01. The predicted octanol–water partition coefficient (Wildman–Crippen LogP) is 5.27. The Balaban J connectivity index is 1.89. The van der Waals surface area contributed by atoms with E-state index in [4.69, 9.17) is 4.42 Å². The van der Waals surface area contributed by atoms with Crippen molar-refractivity contribution in [1.82, 2.24) is 4.98 Å². The molecule has 0 saturated heterocycles. The quantitative estimate of drug-likeness (QED) is 0.282. The van der Waals surface area contributed by atoms with Crippen molar-refractivity contribution in [1.29, 1.82) is 0 Å². The summed E-state index contributed by atoms with van der Waals surface area (Å²) in [7, 11) is 0. The molecule has 2 heterocycles. The number of nitrogens with zero attached hydrogens (tertiary/aromatic N) is 2. The zero-order valence-corrected chi connectivity index (χ0v) is 14.4. The highest BCUT2D eigenvalue weighted by Crippen LogP contribution is 2.38. The first kappa shape index (κ1) is 16.7. The Morgan fingerprint density at radius 3 is 2.52 bits per heavy atom. The van der Waals surface area contributed by atoms with E-state index in [0.29, 0.717) is 22.2 Å². The van der Waals surface area contributed by atoms with Crippen LogP contribution in [0.3, 0.4) is 0 Å². The maximum atomic E-state index is 11.5. The fourth-order valence-corrected chi connectivity index (χ4v) is 3.14. The Bertz CT molecular complexity index is 1180. The molecular weight excluding hydrogens is 344 g/mol. The van der Waals surface area contributed by atoms with Crippen LogP contribution in [0.15, 0.2) is 71.5 Å². The van der Waals surface area contributed by atoms with Gasteiger partial charge in [-0.3, -0.25) is 19.9 Å². The van der Waals surface area contributed by atoms with Gasteiger partial charge in [-0.2, -0.15) is 0 Å².